The predicted molar refractivity (Wildman–Crippen MR) is 88.9 cm³/mol. The molecule has 19 heavy (non-hydrogen) atoms. The quantitative estimate of drug-likeness (QED) is 0.419. The summed E-state index contributed by atoms with van der Waals surface area (Å²) in [7, 11) is -2.79. The van der Waals surface area contributed by atoms with Crippen molar-refractivity contribution in [1.29, 1.82) is 0 Å². The number of rotatable bonds is 4. The van der Waals surface area contributed by atoms with E-state index >= 15 is 0 Å². The van der Waals surface area contributed by atoms with Gasteiger partial charge in [0.1, 0.15) is 0 Å². The zero-order valence-corrected chi connectivity index (χ0v) is 14.7. The molecule has 7 heteroatoms. The van der Waals surface area contributed by atoms with Crippen LogP contribution in [0.4, 0.5) is 0 Å². The molecule has 5 nitrogen and oxygen atoms in total. The van der Waals surface area contributed by atoms with Crippen LogP contribution in [0.15, 0.2) is 4.99 Å². The molecule has 2 rings (SSSR count). The molecule has 1 aliphatic heterocycles. The first-order valence-electron chi connectivity index (χ1n) is 6.75. The largest absolute Gasteiger partial charge is 0.357 e. The van der Waals surface area contributed by atoms with Gasteiger partial charge >= 0.3 is 0 Å². The number of nitrogens with zero attached hydrogens (tertiary/aromatic N) is 1. The van der Waals surface area contributed by atoms with Crippen molar-refractivity contribution < 1.29 is 8.42 Å². The first-order valence-corrected chi connectivity index (χ1v) is 8.57. The van der Waals surface area contributed by atoms with Crippen LogP contribution in [0.2, 0.25) is 0 Å². The molecule has 3 atom stereocenters. The van der Waals surface area contributed by atoms with Gasteiger partial charge in [-0.15, -0.1) is 24.0 Å². The molecule has 3 unspecified atom stereocenters. The van der Waals surface area contributed by atoms with Crippen molar-refractivity contribution in [2.45, 2.75) is 32.7 Å². The van der Waals surface area contributed by atoms with Crippen molar-refractivity contribution in [2.24, 2.45) is 16.8 Å². The average Bonchev–Trinajstić information content (AvgIpc) is 2.85. The van der Waals surface area contributed by atoms with Crippen LogP contribution in [0.5, 0.6) is 0 Å². The van der Waals surface area contributed by atoms with Gasteiger partial charge in [0.25, 0.3) is 0 Å². The van der Waals surface area contributed by atoms with Gasteiger partial charge in [-0.25, -0.2) is 8.42 Å². The highest BCUT2D eigenvalue weighted by Crippen LogP contribution is 2.28. The summed E-state index contributed by atoms with van der Waals surface area (Å²) in [5.74, 6) is 2.38. The first kappa shape index (κ1) is 17.0. The van der Waals surface area contributed by atoms with E-state index in [2.05, 4.69) is 22.5 Å². The molecule has 2 aliphatic rings. The molecule has 0 spiro atoms. The summed E-state index contributed by atoms with van der Waals surface area (Å²) in [6.07, 6.45) is 1.95. The molecule has 0 aromatic rings. The van der Waals surface area contributed by atoms with E-state index in [1.165, 1.54) is 6.42 Å². The fraction of sp³-hybridized carbons (Fsp3) is 0.917. The maximum Gasteiger partial charge on any atom is 0.191 e. The van der Waals surface area contributed by atoms with Crippen molar-refractivity contribution in [3.05, 3.63) is 0 Å². The molecular formula is C12H24IN3O2S. The van der Waals surface area contributed by atoms with Gasteiger partial charge in [-0.3, -0.25) is 4.99 Å². The summed E-state index contributed by atoms with van der Waals surface area (Å²) in [6.45, 7) is 5.68. The zero-order chi connectivity index (χ0) is 13.2. The predicted octanol–water partition coefficient (Wildman–Crippen LogP) is 1.00. The second-order valence-corrected chi connectivity index (χ2v) is 7.68. The van der Waals surface area contributed by atoms with Crippen molar-refractivity contribution in [2.75, 3.05) is 24.6 Å². The summed E-state index contributed by atoms with van der Waals surface area (Å²) >= 11 is 0. The summed E-state index contributed by atoms with van der Waals surface area (Å²) in [4.78, 5) is 4.51. The number of halogens is 1. The van der Waals surface area contributed by atoms with Crippen molar-refractivity contribution in [3.63, 3.8) is 0 Å². The van der Waals surface area contributed by atoms with Crippen LogP contribution in [0.1, 0.15) is 26.7 Å². The molecule has 1 aliphatic carbocycles. The number of guanidine groups is 1. The molecule has 0 aromatic heterocycles. The van der Waals surface area contributed by atoms with Gasteiger partial charge in [-0.2, -0.15) is 0 Å². The molecule has 0 bridgehead atoms. The molecule has 1 saturated carbocycles. The molecule has 112 valence electrons. The monoisotopic (exact) mass is 401 g/mol. The number of sulfone groups is 1. The number of hydrogen-bond acceptors (Lipinski definition) is 3. The lowest BCUT2D eigenvalue weighted by Crippen LogP contribution is -2.39. The van der Waals surface area contributed by atoms with E-state index in [4.69, 9.17) is 0 Å². The van der Waals surface area contributed by atoms with Crippen LogP contribution in [0.25, 0.3) is 0 Å². The maximum atomic E-state index is 11.4. The Labute approximate surface area is 133 Å². The highest BCUT2D eigenvalue weighted by atomic mass is 127. The van der Waals surface area contributed by atoms with Crippen molar-refractivity contribution in [1.82, 2.24) is 10.6 Å². The van der Waals surface area contributed by atoms with Crippen LogP contribution in [-0.4, -0.2) is 45.0 Å². The van der Waals surface area contributed by atoms with Gasteiger partial charge in [-0.05, 0) is 31.6 Å². The van der Waals surface area contributed by atoms with Gasteiger partial charge in [0.2, 0.25) is 0 Å². The minimum Gasteiger partial charge on any atom is -0.357 e. The van der Waals surface area contributed by atoms with Crippen molar-refractivity contribution in [3.8, 4) is 0 Å². The SMILES string of the molecule is CCNC(=NCC1CCS(=O)(=O)C1)NC1CC1C.I. The van der Waals surface area contributed by atoms with Crippen LogP contribution >= 0.6 is 24.0 Å². The van der Waals surface area contributed by atoms with Crippen molar-refractivity contribution >= 4 is 39.8 Å². The van der Waals surface area contributed by atoms with Gasteiger partial charge in [-0.1, -0.05) is 6.92 Å². The molecule has 0 aromatic carbocycles. The van der Waals surface area contributed by atoms with Crippen LogP contribution in [0.3, 0.4) is 0 Å². The second kappa shape index (κ2) is 7.10. The maximum absolute atomic E-state index is 11.4. The van der Waals surface area contributed by atoms with E-state index < -0.39 is 9.84 Å². The Bertz CT molecular complexity index is 425. The molecule has 1 heterocycles. The van der Waals surface area contributed by atoms with Gasteiger partial charge in [0.15, 0.2) is 15.8 Å². The number of aliphatic imine (C=N–C) groups is 1. The lowest BCUT2D eigenvalue weighted by Gasteiger charge is -2.12. The molecule has 2 fully saturated rings. The minimum atomic E-state index is -2.79. The lowest BCUT2D eigenvalue weighted by molar-refractivity contribution is 0.589. The molecule has 0 amide bonds. The van der Waals surface area contributed by atoms with Gasteiger partial charge in [0, 0.05) is 19.1 Å². The Morgan fingerprint density at radius 3 is 2.58 bits per heavy atom. The molecular weight excluding hydrogens is 377 g/mol. The lowest BCUT2D eigenvalue weighted by atomic mass is 10.1. The third kappa shape index (κ3) is 5.45. The average molecular weight is 401 g/mol. The number of nitrogens with one attached hydrogen (secondary N) is 2. The van der Waals surface area contributed by atoms with E-state index in [0.717, 1.165) is 24.8 Å². The van der Waals surface area contributed by atoms with E-state index in [-0.39, 0.29) is 29.9 Å². The Balaban J connectivity index is 0.00000180. The van der Waals surface area contributed by atoms with E-state index in [1.54, 1.807) is 0 Å². The van der Waals surface area contributed by atoms with E-state index in [9.17, 15) is 8.42 Å². The van der Waals surface area contributed by atoms with Gasteiger partial charge < -0.3 is 10.6 Å². The topological polar surface area (TPSA) is 70.6 Å². The van der Waals surface area contributed by atoms with E-state index in [1.807, 2.05) is 6.92 Å². The van der Waals surface area contributed by atoms with E-state index in [0.29, 0.717) is 24.1 Å². The highest BCUT2D eigenvalue weighted by molar-refractivity contribution is 14.0. The summed E-state index contributed by atoms with van der Waals surface area (Å²) in [5, 5.41) is 6.58. The molecule has 1 saturated heterocycles. The van der Waals surface area contributed by atoms with Crippen LogP contribution in [-0.2, 0) is 9.84 Å². The van der Waals surface area contributed by atoms with Crippen LogP contribution in [0, 0.1) is 11.8 Å². The fourth-order valence-corrected chi connectivity index (χ4v) is 4.10. The van der Waals surface area contributed by atoms with Crippen LogP contribution < -0.4 is 10.6 Å². The number of hydrogen-bond donors (Lipinski definition) is 2. The standard InChI is InChI=1S/C12H23N3O2S.HI/c1-3-13-12(15-11-6-9(11)2)14-7-10-4-5-18(16,17)8-10;/h9-11H,3-8H2,1-2H3,(H2,13,14,15);1H. The smallest absolute Gasteiger partial charge is 0.191 e. The first-order chi connectivity index (χ1) is 8.50. The highest BCUT2D eigenvalue weighted by Gasteiger charge is 2.33. The minimum absolute atomic E-state index is 0. The van der Waals surface area contributed by atoms with Gasteiger partial charge in [0.05, 0.1) is 11.5 Å². The Morgan fingerprint density at radius 2 is 2.11 bits per heavy atom. The second-order valence-electron chi connectivity index (χ2n) is 5.45. The Kier molecular flexibility index (Phi) is 6.35. The summed E-state index contributed by atoms with van der Waals surface area (Å²) in [5.41, 5.74) is 0. The Morgan fingerprint density at radius 1 is 1.42 bits per heavy atom. The third-order valence-electron chi connectivity index (χ3n) is 3.61. The molecule has 2 N–H and O–H groups in total. The zero-order valence-electron chi connectivity index (χ0n) is 11.6. The third-order valence-corrected chi connectivity index (χ3v) is 5.45. The summed E-state index contributed by atoms with van der Waals surface area (Å²) in [6, 6.07) is 0.537. The Hall–Kier alpha value is -0.0500. The normalized spacial score (nSPS) is 32.5. The summed E-state index contributed by atoms with van der Waals surface area (Å²) < 4.78 is 22.7. The molecule has 0 radical (unpaired) electrons. The fourth-order valence-electron chi connectivity index (χ4n) is 2.26.